The van der Waals surface area contributed by atoms with Gasteiger partial charge in [-0.1, -0.05) is 17.3 Å². The van der Waals surface area contributed by atoms with Gasteiger partial charge in [0.2, 0.25) is 0 Å². The van der Waals surface area contributed by atoms with E-state index < -0.39 is 24.4 Å². The summed E-state index contributed by atoms with van der Waals surface area (Å²) in [6.07, 6.45) is 1.44. The van der Waals surface area contributed by atoms with Crippen molar-refractivity contribution in [3.63, 3.8) is 0 Å². The first-order valence-electron chi connectivity index (χ1n) is 7.80. The van der Waals surface area contributed by atoms with Crippen LogP contribution in [0.1, 0.15) is 22.1 Å². The Morgan fingerprint density at radius 1 is 1.19 bits per heavy atom. The van der Waals surface area contributed by atoms with Crippen LogP contribution in [0, 0.1) is 5.82 Å². The number of ether oxygens (including phenoxy) is 1. The summed E-state index contributed by atoms with van der Waals surface area (Å²) in [7, 11) is 1.56. The third kappa shape index (κ3) is 3.85. The molecular formula is C18H16F2N4O2. The van der Waals surface area contributed by atoms with Crippen molar-refractivity contribution in [1.29, 1.82) is 0 Å². The number of benzene rings is 2. The third-order valence-corrected chi connectivity index (χ3v) is 3.79. The Balaban J connectivity index is 1.73. The molecule has 0 bridgehead atoms. The van der Waals surface area contributed by atoms with Gasteiger partial charge >= 0.3 is 0 Å². The van der Waals surface area contributed by atoms with Crippen LogP contribution < -0.4 is 10.1 Å². The smallest absolute Gasteiger partial charge is 0.274 e. The van der Waals surface area contributed by atoms with Crippen molar-refractivity contribution in [3.8, 4) is 11.4 Å². The Morgan fingerprint density at radius 3 is 2.50 bits per heavy atom. The molecule has 0 aliphatic carbocycles. The zero-order valence-corrected chi connectivity index (χ0v) is 13.9. The lowest BCUT2D eigenvalue weighted by Crippen LogP contribution is -2.30. The topological polar surface area (TPSA) is 69.0 Å². The highest BCUT2D eigenvalue weighted by molar-refractivity contribution is 5.92. The molecule has 0 saturated heterocycles. The summed E-state index contributed by atoms with van der Waals surface area (Å²) in [5, 5.41) is 10.2. The average molecular weight is 358 g/mol. The minimum atomic E-state index is -0.894. The van der Waals surface area contributed by atoms with Gasteiger partial charge in [0.05, 0.1) is 25.0 Å². The van der Waals surface area contributed by atoms with Crippen LogP contribution >= 0.6 is 0 Å². The number of hydrogen-bond acceptors (Lipinski definition) is 4. The second kappa shape index (κ2) is 7.73. The van der Waals surface area contributed by atoms with Crippen molar-refractivity contribution in [2.45, 2.75) is 6.04 Å². The van der Waals surface area contributed by atoms with E-state index in [9.17, 15) is 13.6 Å². The standard InChI is InChI=1S/C18H16F2N4O2/c1-26-15-8-6-14(7-9-15)24-11-17(22-23-24)18(25)21-16(10-19)12-2-4-13(20)5-3-12/h2-9,11,16H,10H2,1H3,(H,21,25). The Bertz CT molecular complexity index is 879. The molecule has 0 aliphatic rings. The molecular weight excluding hydrogens is 342 g/mol. The van der Waals surface area contributed by atoms with Gasteiger partial charge in [0.1, 0.15) is 18.2 Å². The van der Waals surface area contributed by atoms with E-state index in [1.807, 2.05) is 0 Å². The molecule has 1 aromatic heterocycles. The first-order chi connectivity index (χ1) is 12.6. The van der Waals surface area contributed by atoms with Crippen LogP contribution in [0.3, 0.4) is 0 Å². The van der Waals surface area contributed by atoms with Crippen LogP contribution in [-0.2, 0) is 0 Å². The molecule has 26 heavy (non-hydrogen) atoms. The molecule has 134 valence electrons. The fourth-order valence-corrected chi connectivity index (χ4v) is 2.37. The van der Waals surface area contributed by atoms with E-state index in [1.54, 1.807) is 31.4 Å². The maximum atomic E-state index is 13.3. The maximum Gasteiger partial charge on any atom is 0.274 e. The van der Waals surface area contributed by atoms with Gasteiger partial charge in [-0.15, -0.1) is 5.10 Å². The van der Waals surface area contributed by atoms with Gasteiger partial charge in [-0.3, -0.25) is 4.79 Å². The predicted octanol–water partition coefficient (Wildman–Crippen LogP) is 2.86. The summed E-state index contributed by atoms with van der Waals surface area (Å²) >= 11 is 0. The van der Waals surface area contributed by atoms with Gasteiger partial charge in [-0.25, -0.2) is 13.5 Å². The molecule has 0 fully saturated rings. The summed E-state index contributed by atoms with van der Waals surface area (Å²) < 4.78 is 32.8. The van der Waals surface area contributed by atoms with E-state index in [4.69, 9.17) is 4.74 Å². The summed E-state index contributed by atoms with van der Waals surface area (Å²) in [5.41, 5.74) is 1.20. The Labute approximate surface area is 148 Å². The largest absolute Gasteiger partial charge is 0.497 e. The van der Waals surface area contributed by atoms with E-state index in [0.717, 1.165) is 0 Å². The van der Waals surface area contributed by atoms with Crippen molar-refractivity contribution < 1.29 is 18.3 Å². The number of nitrogens with one attached hydrogen (secondary N) is 1. The van der Waals surface area contributed by atoms with E-state index >= 15 is 0 Å². The first-order valence-corrected chi connectivity index (χ1v) is 7.80. The molecule has 0 aliphatic heterocycles. The predicted molar refractivity (Wildman–Crippen MR) is 90.5 cm³/mol. The molecule has 1 heterocycles. The number of halogens is 2. The quantitative estimate of drug-likeness (QED) is 0.736. The van der Waals surface area contributed by atoms with Crippen LogP contribution in [-0.4, -0.2) is 34.7 Å². The number of carbonyl (C=O) groups excluding carboxylic acids is 1. The monoisotopic (exact) mass is 358 g/mol. The normalized spacial score (nSPS) is 11.8. The molecule has 1 amide bonds. The minimum absolute atomic E-state index is 0.0429. The molecule has 0 radical (unpaired) electrons. The number of nitrogens with zero attached hydrogens (tertiary/aromatic N) is 3. The van der Waals surface area contributed by atoms with Crippen molar-refractivity contribution in [2.24, 2.45) is 0 Å². The summed E-state index contributed by atoms with van der Waals surface area (Å²) in [6, 6.07) is 11.4. The lowest BCUT2D eigenvalue weighted by molar-refractivity contribution is 0.0924. The van der Waals surface area contributed by atoms with Crippen LogP contribution in [0.5, 0.6) is 5.75 Å². The van der Waals surface area contributed by atoms with Crippen LogP contribution in [0.15, 0.2) is 54.7 Å². The minimum Gasteiger partial charge on any atom is -0.497 e. The van der Waals surface area contributed by atoms with Crippen LogP contribution in [0.4, 0.5) is 8.78 Å². The lowest BCUT2D eigenvalue weighted by atomic mass is 10.1. The van der Waals surface area contributed by atoms with Crippen molar-refractivity contribution in [2.75, 3.05) is 13.8 Å². The maximum absolute atomic E-state index is 13.3. The molecule has 3 rings (SSSR count). The number of alkyl halides is 1. The summed E-state index contributed by atoms with van der Waals surface area (Å²) in [4.78, 5) is 12.3. The van der Waals surface area contributed by atoms with Crippen molar-refractivity contribution in [3.05, 3.63) is 71.8 Å². The molecule has 8 heteroatoms. The number of amides is 1. The average Bonchev–Trinajstić information content (AvgIpc) is 3.17. The summed E-state index contributed by atoms with van der Waals surface area (Å²) in [5.74, 6) is -0.311. The van der Waals surface area contributed by atoms with Gasteiger partial charge in [0.15, 0.2) is 5.69 Å². The highest BCUT2D eigenvalue weighted by Crippen LogP contribution is 2.16. The van der Waals surface area contributed by atoms with Gasteiger partial charge in [0, 0.05) is 0 Å². The first kappa shape index (κ1) is 17.5. The zero-order chi connectivity index (χ0) is 18.5. The lowest BCUT2D eigenvalue weighted by Gasteiger charge is -2.14. The second-order valence-corrected chi connectivity index (χ2v) is 5.48. The molecule has 0 spiro atoms. The SMILES string of the molecule is COc1ccc(-n2cc(C(=O)NC(CF)c3ccc(F)cc3)nn2)cc1. The fraction of sp³-hybridized carbons (Fsp3) is 0.167. The summed E-state index contributed by atoms with van der Waals surface area (Å²) in [6.45, 7) is -0.829. The van der Waals surface area contributed by atoms with E-state index in [2.05, 4.69) is 15.6 Å². The van der Waals surface area contributed by atoms with E-state index in [-0.39, 0.29) is 5.69 Å². The number of aromatic nitrogens is 3. The van der Waals surface area contributed by atoms with Gasteiger partial charge in [-0.2, -0.15) is 0 Å². The molecule has 1 N–H and O–H groups in total. The zero-order valence-electron chi connectivity index (χ0n) is 13.9. The Kier molecular flexibility index (Phi) is 5.21. The molecule has 2 aromatic carbocycles. The van der Waals surface area contributed by atoms with Crippen molar-refractivity contribution in [1.82, 2.24) is 20.3 Å². The molecule has 6 nitrogen and oxygen atoms in total. The number of methoxy groups -OCH3 is 1. The van der Waals surface area contributed by atoms with E-state index in [1.165, 1.54) is 35.1 Å². The third-order valence-electron chi connectivity index (χ3n) is 3.79. The van der Waals surface area contributed by atoms with Crippen molar-refractivity contribution >= 4 is 5.91 Å². The van der Waals surface area contributed by atoms with Crippen LogP contribution in [0.25, 0.3) is 5.69 Å². The molecule has 1 unspecified atom stereocenters. The number of hydrogen-bond donors (Lipinski definition) is 1. The molecule has 0 saturated carbocycles. The fourth-order valence-electron chi connectivity index (χ4n) is 2.37. The molecule has 1 atom stereocenters. The van der Waals surface area contributed by atoms with Gasteiger partial charge < -0.3 is 10.1 Å². The Morgan fingerprint density at radius 2 is 1.88 bits per heavy atom. The highest BCUT2D eigenvalue weighted by Gasteiger charge is 2.18. The number of carbonyl (C=O) groups is 1. The molecule has 3 aromatic rings. The second-order valence-electron chi connectivity index (χ2n) is 5.48. The highest BCUT2D eigenvalue weighted by atomic mass is 19.1. The van der Waals surface area contributed by atoms with Gasteiger partial charge in [-0.05, 0) is 42.0 Å². The Hall–Kier alpha value is -3.29. The van der Waals surface area contributed by atoms with E-state index in [0.29, 0.717) is 17.0 Å². The number of rotatable bonds is 6. The van der Waals surface area contributed by atoms with Gasteiger partial charge in [0.25, 0.3) is 5.91 Å². The van der Waals surface area contributed by atoms with Crippen LogP contribution in [0.2, 0.25) is 0 Å².